The molecule has 0 aliphatic carbocycles. The Balaban J connectivity index is 2.73. The van der Waals surface area contributed by atoms with Gasteiger partial charge in [0.05, 0.1) is 15.7 Å². The highest BCUT2D eigenvalue weighted by molar-refractivity contribution is 7.84. The molecular weight excluding hydrogens is 303 g/mol. The molecule has 0 bridgehead atoms. The fourth-order valence-corrected chi connectivity index (χ4v) is 2.25. The SMILES string of the molecule is C[C@H](N[S@@](=O)C(C)(C)C)c1cccc(OCC(F)(F)F)c1. The highest BCUT2D eigenvalue weighted by Crippen LogP contribution is 2.23. The Kier molecular flexibility index (Phi) is 5.81. The third-order valence-electron chi connectivity index (χ3n) is 2.60. The summed E-state index contributed by atoms with van der Waals surface area (Å²) in [6, 6.07) is 6.07. The highest BCUT2D eigenvalue weighted by atomic mass is 32.2. The van der Waals surface area contributed by atoms with Crippen LogP contribution in [-0.4, -0.2) is 21.7 Å². The van der Waals surface area contributed by atoms with Crippen molar-refractivity contribution in [2.75, 3.05) is 6.61 Å². The van der Waals surface area contributed by atoms with E-state index >= 15 is 0 Å². The Morgan fingerprint density at radius 2 is 1.90 bits per heavy atom. The van der Waals surface area contributed by atoms with Gasteiger partial charge in [-0.25, -0.2) is 8.93 Å². The number of benzene rings is 1. The van der Waals surface area contributed by atoms with E-state index < -0.39 is 28.5 Å². The second kappa shape index (κ2) is 6.79. The van der Waals surface area contributed by atoms with E-state index in [0.717, 1.165) is 0 Å². The third kappa shape index (κ3) is 6.48. The second-order valence-corrected chi connectivity index (χ2v) is 7.69. The van der Waals surface area contributed by atoms with E-state index in [1.807, 2.05) is 20.8 Å². The molecule has 0 aromatic heterocycles. The average molecular weight is 323 g/mol. The summed E-state index contributed by atoms with van der Waals surface area (Å²) < 4.78 is 55.6. The lowest BCUT2D eigenvalue weighted by Crippen LogP contribution is -2.34. The second-order valence-electron chi connectivity index (χ2n) is 5.70. The van der Waals surface area contributed by atoms with Crippen LogP contribution in [0.5, 0.6) is 5.75 Å². The summed E-state index contributed by atoms with van der Waals surface area (Å²) in [5.41, 5.74) is 0.715. The number of nitrogens with one attached hydrogen (secondary N) is 1. The average Bonchev–Trinajstić information content (AvgIpc) is 2.34. The van der Waals surface area contributed by atoms with Gasteiger partial charge < -0.3 is 4.74 Å². The molecule has 0 heterocycles. The maximum atomic E-state index is 12.1. The molecule has 1 N–H and O–H groups in total. The van der Waals surface area contributed by atoms with Crippen molar-refractivity contribution in [3.05, 3.63) is 29.8 Å². The number of halogens is 3. The molecule has 120 valence electrons. The van der Waals surface area contributed by atoms with Crippen molar-refractivity contribution in [3.63, 3.8) is 0 Å². The number of hydrogen-bond acceptors (Lipinski definition) is 2. The first-order valence-corrected chi connectivity index (χ1v) is 7.61. The first-order chi connectivity index (χ1) is 9.49. The maximum Gasteiger partial charge on any atom is 0.422 e. The number of ether oxygens (including phenoxy) is 1. The van der Waals surface area contributed by atoms with Crippen molar-refractivity contribution in [3.8, 4) is 5.75 Å². The topological polar surface area (TPSA) is 38.3 Å². The Morgan fingerprint density at radius 3 is 2.43 bits per heavy atom. The monoisotopic (exact) mass is 323 g/mol. The van der Waals surface area contributed by atoms with Crippen molar-refractivity contribution in [2.24, 2.45) is 0 Å². The molecule has 1 rings (SSSR count). The molecule has 7 heteroatoms. The van der Waals surface area contributed by atoms with Crippen LogP contribution >= 0.6 is 0 Å². The molecule has 0 amide bonds. The highest BCUT2D eigenvalue weighted by Gasteiger charge is 2.28. The Bertz CT molecular complexity index is 498. The summed E-state index contributed by atoms with van der Waals surface area (Å²) in [5.74, 6) is 0.139. The molecule has 0 spiro atoms. The van der Waals surface area contributed by atoms with Crippen molar-refractivity contribution >= 4 is 11.0 Å². The van der Waals surface area contributed by atoms with Crippen LogP contribution in [0.15, 0.2) is 24.3 Å². The minimum atomic E-state index is -4.37. The molecular formula is C14H20F3NO2S. The molecule has 0 aliphatic rings. The molecule has 0 fully saturated rings. The van der Waals surface area contributed by atoms with Crippen LogP contribution in [0, 0.1) is 0 Å². The lowest BCUT2D eigenvalue weighted by molar-refractivity contribution is -0.153. The van der Waals surface area contributed by atoms with Crippen molar-refractivity contribution in [2.45, 2.75) is 44.7 Å². The number of rotatable bonds is 5. The van der Waals surface area contributed by atoms with Crippen LogP contribution in [0.3, 0.4) is 0 Å². The smallest absolute Gasteiger partial charge is 0.422 e. The van der Waals surface area contributed by atoms with E-state index in [2.05, 4.69) is 4.72 Å². The predicted octanol–water partition coefficient (Wildman–Crippen LogP) is 3.74. The molecule has 21 heavy (non-hydrogen) atoms. The van der Waals surface area contributed by atoms with Crippen LogP contribution in [0.2, 0.25) is 0 Å². The van der Waals surface area contributed by atoms with Crippen LogP contribution in [-0.2, 0) is 11.0 Å². The van der Waals surface area contributed by atoms with Crippen LogP contribution in [0.4, 0.5) is 13.2 Å². The zero-order valence-electron chi connectivity index (χ0n) is 12.5. The van der Waals surface area contributed by atoms with Crippen LogP contribution < -0.4 is 9.46 Å². The van der Waals surface area contributed by atoms with Crippen LogP contribution in [0.25, 0.3) is 0 Å². The normalized spacial score (nSPS) is 15.6. The van der Waals surface area contributed by atoms with Gasteiger partial charge in [0, 0.05) is 6.04 Å². The number of hydrogen-bond donors (Lipinski definition) is 1. The fraction of sp³-hybridized carbons (Fsp3) is 0.571. The molecule has 0 radical (unpaired) electrons. The molecule has 2 atom stereocenters. The van der Waals surface area contributed by atoms with Gasteiger partial charge in [-0.15, -0.1) is 0 Å². The lowest BCUT2D eigenvalue weighted by Gasteiger charge is -2.22. The maximum absolute atomic E-state index is 12.1. The molecule has 0 saturated heterocycles. The zero-order valence-corrected chi connectivity index (χ0v) is 13.3. The van der Waals surface area contributed by atoms with Crippen LogP contribution in [0.1, 0.15) is 39.3 Å². The fourth-order valence-electron chi connectivity index (χ4n) is 1.44. The first-order valence-electron chi connectivity index (χ1n) is 6.46. The summed E-state index contributed by atoms with van der Waals surface area (Å²) in [7, 11) is -1.26. The van der Waals surface area contributed by atoms with Gasteiger partial charge in [0.2, 0.25) is 0 Å². The van der Waals surface area contributed by atoms with Gasteiger partial charge >= 0.3 is 6.18 Å². The first kappa shape index (κ1) is 18.0. The Hall–Kier alpha value is -1.08. The van der Waals surface area contributed by atoms with Gasteiger partial charge in [-0.2, -0.15) is 13.2 Å². The standard InChI is InChI=1S/C14H20F3NO2S/c1-10(18-21(19)13(2,3)4)11-6-5-7-12(8-11)20-9-14(15,16)17/h5-8,10,18H,9H2,1-4H3/t10-,21-/m0/s1. The lowest BCUT2D eigenvalue weighted by atomic mass is 10.1. The summed E-state index contributed by atoms with van der Waals surface area (Å²) in [6.45, 7) is 5.99. The number of alkyl halides is 3. The van der Waals surface area contributed by atoms with E-state index in [-0.39, 0.29) is 11.8 Å². The van der Waals surface area contributed by atoms with E-state index in [1.54, 1.807) is 19.1 Å². The molecule has 0 unspecified atom stereocenters. The van der Waals surface area contributed by atoms with E-state index in [1.165, 1.54) is 12.1 Å². The van der Waals surface area contributed by atoms with E-state index in [9.17, 15) is 17.4 Å². The third-order valence-corrected chi connectivity index (χ3v) is 4.28. The van der Waals surface area contributed by atoms with Gasteiger partial charge in [-0.1, -0.05) is 12.1 Å². The van der Waals surface area contributed by atoms with E-state index in [0.29, 0.717) is 5.56 Å². The van der Waals surface area contributed by atoms with Gasteiger partial charge in [-0.05, 0) is 45.4 Å². The summed E-state index contributed by atoms with van der Waals surface area (Å²) in [6.07, 6.45) is -4.37. The minimum absolute atomic E-state index is 0.139. The van der Waals surface area contributed by atoms with Crippen molar-refractivity contribution in [1.82, 2.24) is 4.72 Å². The molecule has 0 saturated carbocycles. The largest absolute Gasteiger partial charge is 0.484 e. The summed E-state index contributed by atoms with van der Waals surface area (Å²) >= 11 is 0. The predicted molar refractivity (Wildman–Crippen MR) is 77.4 cm³/mol. The van der Waals surface area contributed by atoms with Gasteiger partial charge in [0.15, 0.2) is 6.61 Å². The van der Waals surface area contributed by atoms with Gasteiger partial charge in [-0.3, -0.25) is 0 Å². The van der Waals surface area contributed by atoms with Gasteiger partial charge in [0.1, 0.15) is 5.75 Å². The minimum Gasteiger partial charge on any atom is -0.484 e. The Morgan fingerprint density at radius 1 is 1.29 bits per heavy atom. The zero-order chi connectivity index (χ0) is 16.3. The summed E-state index contributed by atoms with van der Waals surface area (Å²) in [4.78, 5) is 0. The molecule has 3 nitrogen and oxygen atoms in total. The van der Waals surface area contributed by atoms with Crippen molar-refractivity contribution in [1.29, 1.82) is 0 Å². The Labute approximate surface area is 125 Å². The molecule has 0 aliphatic heterocycles. The molecule has 1 aromatic rings. The quantitative estimate of drug-likeness (QED) is 0.896. The molecule has 1 aromatic carbocycles. The van der Waals surface area contributed by atoms with Gasteiger partial charge in [0.25, 0.3) is 0 Å². The summed E-state index contributed by atoms with van der Waals surface area (Å²) in [5, 5.41) is 0. The van der Waals surface area contributed by atoms with E-state index in [4.69, 9.17) is 4.74 Å². The van der Waals surface area contributed by atoms with Crippen molar-refractivity contribution < 1.29 is 22.1 Å².